The Morgan fingerprint density at radius 1 is 0.984 bits per heavy atom. The minimum atomic E-state index is -0.783. The van der Waals surface area contributed by atoms with Gasteiger partial charge in [-0.05, 0) is 120 Å². The van der Waals surface area contributed by atoms with E-state index in [1.165, 1.54) is 26.4 Å². The zero-order valence-corrected chi connectivity index (χ0v) is 36.6. The molecular formula is C46H44F2N10O5S. The van der Waals surface area contributed by atoms with Crippen molar-refractivity contribution in [3.8, 4) is 17.2 Å². The molecule has 3 atom stereocenters. The molecule has 8 aromatic rings. The predicted octanol–water partition coefficient (Wildman–Crippen LogP) is 7.40. The summed E-state index contributed by atoms with van der Waals surface area (Å²) in [7, 11) is 1.72. The van der Waals surface area contributed by atoms with Crippen molar-refractivity contribution >= 4 is 38.4 Å². The highest BCUT2D eigenvalue weighted by molar-refractivity contribution is 7.18. The van der Waals surface area contributed by atoms with Crippen LogP contribution in [0.4, 0.5) is 8.78 Å². The number of benzene rings is 2. The van der Waals surface area contributed by atoms with Gasteiger partial charge >= 0.3 is 11.4 Å². The molecule has 6 aromatic heterocycles. The van der Waals surface area contributed by atoms with Crippen LogP contribution < -0.4 is 11.4 Å². The van der Waals surface area contributed by atoms with Crippen molar-refractivity contribution < 1.29 is 22.8 Å². The number of thiophene rings is 1. The molecule has 1 N–H and O–H groups in total. The van der Waals surface area contributed by atoms with Crippen molar-refractivity contribution in [1.82, 2.24) is 48.3 Å². The second-order valence-corrected chi connectivity index (χ2v) is 19.7. The van der Waals surface area contributed by atoms with Crippen molar-refractivity contribution in [2.45, 2.75) is 102 Å². The first-order valence-corrected chi connectivity index (χ1v) is 22.5. The molecule has 2 aromatic carbocycles. The van der Waals surface area contributed by atoms with Gasteiger partial charge in [0.25, 0.3) is 5.91 Å². The van der Waals surface area contributed by atoms with E-state index in [1.54, 1.807) is 72.1 Å². The molecule has 2 saturated heterocycles. The van der Waals surface area contributed by atoms with Crippen LogP contribution >= 0.6 is 11.3 Å². The molecule has 1 aliphatic carbocycles. The predicted molar refractivity (Wildman–Crippen MR) is 233 cm³/mol. The van der Waals surface area contributed by atoms with Crippen LogP contribution in [0.5, 0.6) is 0 Å². The lowest BCUT2D eigenvalue weighted by Crippen LogP contribution is -2.43. The molecule has 1 saturated carbocycles. The third-order valence-corrected chi connectivity index (χ3v) is 15.4. The SMILES string of the molecule is Cc1cc(-n2nc3c(c2-n2ccn(-c4ccc5c(cnn5C)c4F)c2=O)[C@@H]2CC[C@H](C3)N2C(=O)c2cc3cc([C@H]4CCOC(C)(C)C4)sc3n2C2(c3noc(=O)[nH]3)CC2)cc(C)c1F. The van der Waals surface area contributed by atoms with E-state index < -0.39 is 28.8 Å². The van der Waals surface area contributed by atoms with Crippen molar-refractivity contribution in [1.29, 1.82) is 0 Å². The third kappa shape index (κ3) is 5.63. The number of halogens is 2. The second-order valence-electron chi connectivity index (χ2n) is 18.6. The molecule has 1 amide bonds. The Balaban J connectivity index is 1.01. The Morgan fingerprint density at radius 2 is 1.77 bits per heavy atom. The van der Waals surface area contributed by atoms with Crippen LogP contribution in [-0.4, -0.2) is 72.5 Å². The van der Waals surface area contributed by atoms with Gasteiger partial charge in [0.1, 0.15) is 27.7 Å². The fraction of sp³-hybridized carbons (Fsp3) is 0.391. The summed E-state index contributed by atoms with van der Waals surface area (Å²) in [6.07, 6.45) is 9.33. The van der Waals surface area contributed by atoms with Gasteiger partial charge in [-0.2, -0.15) is 10.2 Å². The van der Waals surface area contributed by atoms with Gasteiger partial charge in [-0.15, -0.1) is 11.3 Å². The van der Waals surface area contributed by atoms with Crippen molar-refractivity contribution in [2.75, 3.05) is 6.61 Å². The Bertz CT molecular complexity index is 3370. The van der Waals surface area contributed by atoms with Crippen molar-refractivity contribution in [3.63, 3.8) is 0 Å². The molecule has 9 heterocycles. The number of aromatic amines is 1. The van der Waals surface area contributed by atoms with Crippen LogP contribution in [0.15, 0.2) is 69.1 Å². The Kier molecular flexibility index (Phi) is 8.31. The molecule has 328 valence electrons. The van der Waals surface area contributed by atoms with E-state index in [4.69, 9.17) is 14.4 Å². The number of aryl methyl sites for hydroxylation is 3. The van der Waals surface area contributed by atoms with Crippen molar-refractivity contribution in [2.24, 2.45) is 7.05 Å². The average Bonchev–Trinajstić information content (AvgIpc) is 3.95. The standard InChI is InChI=1S/C46H44F2N10O5S/c1-23-16-28(17-24(2)37(23)47)58-39(55-14-13-54(44(55)61)33-9-8-31-29(38(33)48)22-49-53(31)5)36-30(51-58)20-27-6-7-32(36)56(27)40(59)34-18-26-19-35(25-10-15-62-45(3,4)21-25)64-41(26)57(34)46(11-12-46)42-50-43(60)63-52-42/h8-9,13-14,16-19,22,25,27,32H,6-7,10-12,15,20-21H2,1-5H3,(H,50,52,60)/t25-,27+,32-/m0/s1. The Morgan fingerprint density at radius 3 is 2.50 bits per heavy atom. The molecule has 0 unspecified atom stereocenters. The number of rotatable bonds is 7. The minimum Gasteiger partial charge on any atom is -0.376 e. The first kappa shape index (κ1) is 39.2. The maximum absolute atomic E-state index is 16.1. The lowest BCUT2D eigenvalue weighted by atomic mass is 9.87. The first-order valence-electron chi connectivity index (χ1n) is 21.7. The average molecular weight is 887 g/mol. The number of carbonyl (C=O) groups is 1. The number of ether oxygens (including phenoxy) is 1. The highest BCUT2D eigenvalue weighted by atomic mass is 32.1. The molecule has 0 radical (unpaired) electrons. The van der Waals surface area contributed by atoms with Gasteiger partial charge in [0, 0.05) is 54.3 Å². The van der Waals surface area contributed by atoms with E-state index >= 15 is 13.6 Å². The summed E-state index contributed by atoms with van der Waals surface area (Å²) in [6.45, 7) is 8.28. The first-order chi connectivity index (χ1) is 30.7. The number of carbonyl (C=O) groups excluding carboxylic acids is 1. The lowest BCUT2D eigenvalue weighted by Gasteiger charge is -2.35. The maximum atomic E-state index is 16.1. The van der Waals surface area contributed by atoms with Gasteiger partial charge in [-0.1, -0.05) is 5.16 Å². The fourth-order valence-electron chi connectivity index (χ4n) is 10.9. The molecule has 18 heteroatoms. The summed E-state index contributed by atoms with van der Waals surface area (Å²) >= 11 is 1.67. The highest BCUT2D eigenvalue weighted by Gasteiger charge is 2.54. The number of amides is 1. The summed E-state index contributed by atoms with van der Waals surface area (Å²) in [4.78, 5) is 49.6. The fourth-order valence-corrected chi connectivity index (χ4v) is 12.3. The molecule has 15 nitrogen and oxygen atoms in total. The number of aromatic nitrogens is 9. The van der Waals surface area contributed by atoms with Crippen molar-refractivity contribution in [3.05, 3.63) is 126 Å². The number of H-pyrrole nitrogens is 1. The zero-order chi connectivity index (χ0) is 44.1. The Labute approximate surface area is 367 Å². The van der Waals surface area contributed by atoms with Crippen LogP contribution in [-0.2, 0) is 23.7 Å². The van der Waals surface area contributed by atoms with E-state index in [0.29, 0.717) is 89.9 Å². The summed E-state index contributed by atoms with van der Waals surface area (Å²) < 4.78 is 50.4. The quantitative estimate of drug-likeness (QED) is 0.174. The monoisotopic (exact) mass is 886 g/mol. The smallest absolute Gasteiger partial charge is 0.376 e. The maximum Gasteiger partial charge on any atom is 0.438 e. The van der Waals surface area contributed by atoms with Gasteiger partial charge < -0.3 is 14.2 Å². The number of nitrogens with one attached hydrogen (secondary N) is 1. The van der Waals surface area contributed by atoms with Crippen LogP contribution in [0.1, 0.15) is 108 Å². The molecule has 64 heavy (non-hydrogen) atoms. The van der Waals surface area contributed by atoms with E-state index in [-0.39, 0.29) is 34.4 Å². The molecule has 3 aliphatic heterocycles. The minimum absolute atomic E-state index is 0.0577. The van der Waals surface area contributed by atoms with Crippen LogP contribution in [0, 0.1) is 25.5 Å². The zero-order valence-electron chi connectivity index (χ0n) is 35.8. The summed E-state index contributed by atoms with van der Waals surface area (Å²) in [5, 5.41) is 14.7. The van der Waals surface area contributed by atoms with E-state index in [0.717, 1.165) is 28.8 Å². The summed E-state index contributed by atoms with van der Waals surface area (Å²) in [5.41, 5.74) is 2.35. The molecule has 3 fully saturated rings. The van der Waals surface area contributed by atoms with Gasteiger partial charge in [0.2, 0.25) is 0 Å². The second kappa shape index (κ2) is 13.6. The third-order valence-electron chi connectivity index (χ3n) is 14.1. The molecule has 2 bridgehead atoms. The summed E-state index contributed by atoms with van der Waals surface area (Å²) in [5.74, 6) is -0.689. The highest BCUT2D eigenvalue weighted by Crippen LogP contribution is 2.54. The topological polar surface area (TPSA) is 156 Å². The number of hydrogen-bond donors (Lipinski definition) is 1. The lowest BCUT2D eigenvalue weighted by molar-refractivity contribution is -0.0588. The van der Waals surface area contributed by atoms with Crippen LogP contribution in [0.25, 0.3) is 38.3 Å². The molecular weight excluding hydrogens is 843 g/mol. The molecule has 0 spiro atoms. The van der Waals surface area contributed by atoms with Gasteiger partial charge in [0.05, 0.1) is 45.8 Å². The van der Waals surface area contributed by atoms with Gasteiger partial charge in [0.15, 0.2) is 11.6 Å². The number of nitrogens with zero attached hydrogens (tertiary/aromatic N) is 9. The van der Waals surface area contributed by atoms with E-state index in [2.05, 4.69) is 39.7 Å². The number of fused-ring (bicyclic) bond motifs is 6. The number of hydrogen-bond acceptors (Lipinski definition) is 9. The van der Waals surface area contributed by atoms with Crippen LogP contribution in [0.2, 0.25) is 0 Å². The summed E-state index contributed by atoms with van der Waals surface area (Å²) in [6, 6.07) is 10.1. The molecule has 12 rings (SSSR count). The number of imidazole rings is 1. The normalized spacial score (nSPS) is 21.0. The molecule has 4 aliphatic rings. The van der Waals surface area contributed by atoms with E-state index in [1.807, 2.05) is 11.0 Å². The van der Waals surface area contributed by atoms with Crippen LogP contribution in [0.3, 0.4) is 0 Å². The largest absolute Gasteiger partial charge is 0.438 e. The van der Waals surface area contributed by atoms with Gasteiger partial charge in [-0.3, -0.25) is 28.1 Å². The van der Waals surface area contributed by atoms with E-state index in [9.17, 15) is 9.59 Å². The Hall–Kier alpha value is -6.40. The van der Waals surface area contributed by atoms with Gasteiger partial charge in [-0.25, -0.2) is 23.1 Å².